The van der Waals surface area contributed by atoms with Crippen molar-refractivity contribution in [2.75, 3.05) is 0 Å². The van der Waals surface area contributed by atoms with Crippen LogP contribution in [0.1, 0.15) is 0 Å². The minimum Gasteiger partial charge on any atom is -0.200 e. The molecule has 2 rings (SSSR count). The van der Waals surface area contributed by atoms with Crippen molar-refractivity contribution in [1.82, 2.24) is 19.8 Å². The molecule has 2 aromatic rings. The van der Waals surface area contributed by atoms with Crippen molar-refractivity contribution in [2.45, 2.75) is 0 Å². The molecule has 0 aliphatic carbocycles. The summed E-state index contributed by atoms with van der Waals surface area (Å²) >= 11 is 3.27. The lowest BCUT2D eigenvalue weighted by Gasteiger charge is -1.88. The Morgan fingerprint density at radius 1 is 1.50 bits per heavy atom. The van der Waals surface area contributed by atoms with E-state index in [0.717, 1.165) is 10.1 Å². The molecule has 5 heteroatoms. The monoisotopic (exact) mass is 198 g/mol. The number of hydrogen-bond donors (Lipinski definition) is 0. The SMILES string of the molecule is Brc1cnn2cnnc2c1. The van der Waals surface area contributed by atoms with E-state index < -0.39 is 0 Å². The molecule has 2 aromatic heterocycles. The summed E-state index contributed by atoms with van der Waals surface area (Å²) in [4.78, 5) is 0. The van der Waals surface area contributed by atoms with Crippen molar-refractivity contribution < 1.29 is 0 Å². The quantitative estimate of drug-likeness (QED) is 0.632. The van der Waals surface area contributed by atoms with Gasteiger partial charge in [-0.25, -0.2) is 4.52 Å². The third-order valence-corrected chi connectivity index (χ3v) is 1.56. The molecule has 0 fully saturated rings. The maximum Gasteiger partial charge on any atom is 0.178 e. The smallest absolute Gasteiger partial charge is 0.178 e. The normalized spacial score (nSPS) is 10.5. The van der Waals surface area contributed by atoms with Crippen LogP contribution in [0.15, 0.2) is 23.1 Å². The van der Waals surface area contributed by atoms with E-state index in [-0.39, 0.29) is 0 Å². The van der Waals surface area contributed by atoms with Gasteiger partial charge in [0.15, 0.2) is 5.65 Å². The zero-order valence-corrected chi connectivity index (χ0v) is 6.48. The molecule has 0 radical (unpaired) electrons. The second-order valence-electron chi connectivity index (χ2n) is 1.81. The third-order valence-electron chi connectivity index (χ3n) is 1.13. The molecule has 0 aliphatic heterocycles. The van der Waals surface area contributed by atoms with Gasteiger partial charge in [-0.15, -0.1) is 10.2 Å². The molecule has 0 N–H and O–H groups in total. The van der Waals surface area contributed by atoms with Crippen LogP contribution in [0.2, 0.25) is 0 Å². The highest BCUT2D eigenvalue weighted by Crippen LogP contribution is 2.07. The minimum atomic E-state index is 0.745. The van der Waals surface area contributed by atoms with Crippen LogP contribution in [0.4, 0.5) is 0 Å². The van der Waals surface area contributed by atoms with Gasteiger partial charge in [0.05, 0.1) is 6.20 Å². The number of hydrogen-bond acceptors (Lipinski definition) is 3. The van der Waals surface area contributed by atoms with Crippen molar-refractivity contribution in [2.24, 2.45) is 0 Å². The van der Waals surface area contributed by atoms with E-state index in [0.29, 0.717) is 0 Å². The van der Waals surface area contributed by atoms with E-state index >= 15 is 0 Å². The molecule has 10 heavy (non-hydrogen) atoms. The molecule has 0 aromatic carbocycles. The van der Waals surface area contributed by atoms with Gasteiger partial charge in [0, 0.05) is 10.5 Å². The predicted molar refractivity (Wildman–Crippen MR) is 38.5 cm³/mol. The highest BCUT2D eigenvalue weighted by atomic mass is 79.9. The van der Waals surface area contributed by atoms with Gasteiger partial charge in [0.2, 0.25) is 0 Å². The molecule has 0 atom stereocenters. The van der Waals surface area contributed by atoms with Crippen LogP contribution < -0.4 is 0 Å². The Morgan fingerprint density at radius 2 is 2.40 bits per heavy atom. The number of halogens is 1. The van der Waals surface area contributed by atoms with E-state index in [4.69, 9.17) is 0 Å². The number of aromatic nitrogens is 4. The molecule has 50 valence electrons. The van der Waals surface area contributed by atoms with Gasteiger partial charge in [0.25, 0.3) is 0 Å². The fourth-order valence-corrected chi connectivity index (χ4v) is 0.997. The van der Waals surface area contributed by atoms with Crippen LogP contribution in [0, 0.1) is 0 Å². The standard InChI is InChI=1S/C5H3BrN4/c6-4-1-5-9-7-3-10(5)8-2-4/h1-3H. The molecule has 0 saturated carbocycles. The first kappa shape index (κ1) is 5.79. The van der Waals surface area contributed by atoms with E-state index in [2.05, 4.69) is 31.2 Å². The Bertz CT molecular complexity index is 355. The maximum absolute atomic E-state index is 3.99. The lowest BCUT2D eigenvalue weighted by molar-refractivity contribution is 0.922. The Labute approximate surface area is 65.0 Å². The summed E-state index contributed by atoms with van der Waals surface area (Å²) in [6.45, 7) is 0. The van der Waals surface area contributed by atoms with E-state index in [9.17, 15) is 0 Å². The summed E-state index contributed by atoms with van der Waals surface area (Å²) in [5, 5.41) is 11.5. The summed E-state index contributed by atoms with van der Waals surface area (Å²) < 4.78 is 2.51. The molecule has 0 spiro atoms. The molecule has 2 heterocycles. The van der Waals surface area contributed by atoms with Crippen molar-refractivity contribution in [1.29, 1.82) is 0 Å². The molecule has 0 amide bonds. The van der Waals surface area contributed by atoms with Gasteiger partial charge in [-0.1, -0.05) is 0 Å². The van der Waals surface area contributed by atoms with E-state index in [1.807, 2.05) is 6.07 Å². The van der Waals surface area contributed by atoms with Crippen LogP contribution in [0.3, 0.4) is 0 Å². The van der Waals surface area contributed by atoms with E-state index in [1.54, 1.807) is 17.0 Å². The molecule has 0 unspecified atom stereocenters. The number of fused-ring (bicyclic) bond motifs is 1. The largest absolute Gasteiger partial charge is 0.200 e. The highest BCUT2D eigenvalue weighted by Gasteiger charge is 1.94. The average molecular weight is 199 g/mol. The average Bonchev–Trinajstić information content (AvgIpc) is 2.33. The van der Waals surface area contributed by atoms with Gasteiger partial charge in [-0.05, 0) is 15.9 Å². The fourth-order valence-electron chi connectivity index (χ4n) is 0.701. The molecule has 4 nitrogen and oxygen atoms in total. The lowest BCUT2D eigenvalue weighted by atomic mass is 10.6. The van der Waals surface area contributed by atoms with Crippen LogP contribution in [-0.2, 0) is 0 Å². The van der Waals surface area contributed by atoms with Crippen molar-refractivity contribution in [3.8, 4) is 0 Å². The molecular weight excluding hydrogens is 196 g/mol. The van der Waals surface area contributed by atoms with Crippen LogP contribution >= 0.6 is 15.9 Å². The lowest BCUT2D eigenvalue weighted by Crippen LogP contribution is -1.87. The second kappa shape index (κ2) is 2.02. The third kappa shape index (κ3) is 0.786. The topological polar surface area (TPSA) is 43.1 Å². The zero-order chi connectivity index (χ0) is 6.97. The van der Waals surface area contributed by atoms with Crippen LogP contribution in [0.25, 0.3) is 5.65 Å². The fraction of sp³-hybridized carbons (Fsp3) is 0. The highest BCUT2D eigenvalue weighted by molar-refractivity contribution is 9.10. The summed E-state index contributed by atoms with van der Waals surface area (Å²) in [5.41, 5.74) is 0.745. The Hall–Kier alpha value is -0.970. The van der Waals surface area contributed by atoms with Gasteiger partial charge >= 0.3 is 0 Å². The molecular formula is C5H3BrN4. The molecule has 0 bridgehead atoms. The first-order valence-corrected chi connectivity index (χ1v) is 3.47. The van der Waals surface area contributed by atoms with Gasteiger partial charge < -0.3 is 0 Å². The van der Waals surface area contributed by atoms with Gasteiger partial charge in [0.1, 0.15) is 6.33 Å². The Balaban J connectivity index is 2.86. The maximum atomic E-state index is 3.99. The molecule has 0 aliphatic rings. The minimum absolute atomic E-state index is 0.745. The van der Waals surface area contributed by atoms with Crippen molar-refractivity contribution in [3.05, 3.63) is 23.1 Å². The second-order valence-corrected chi connectivity index (χ2v) is 2.72. The van der Waals surface area contributed by atoms with Gasteiger partial charge in [-0.2, -0.15) is 5.10 Å². The summed E-state index contributed by atoms with van der Waals surface area (Å²) in [6.07, 6.45) is 3.25. The number of rotatable bonds is 0. The summed E-state index contributed by atoms with van der Waals surface area (Å²) in [7, 11) is 0. The van der Waals surface area contributed by atoms with E-state index in [1.165, 1.54) is 0 Å². The van der Waals surface area contributed by atoms with Gasteiger partial charge in [-0.3, -0.25) is 0 Å². The first-order valence-electron chi connectivity index (χ1n) is 2.68. The number of nitrogens with zero attached hydrogens (tertiary/aromatic N) is 4. The molecule has 0 saturated heterocycles. The van der Waals surface area contributed by atoms with Crippen LogP contribution in [-0.4, -0.2) is 19.8 Å². The Kier molecular flexibility index (Phi) is 1.17. The Morgan fingerprint density at radius 3 is 3.30 bits per heavy atom. The van der Waals surface area contributed by atoms with Crippen molar-refractivity contribution in [3.63, 3.8) is 0 Å². The van der Waals surface area contributed by atoms with Crippen LogP contribution in [0.5, 0.6) is 0 Å². The predicted octanol–water partition coefficient (Wildman–Crippen LogP) is 0.887. The first-order chi connectivity index (χ1) is 4.86. The summed E-state index contributed by atoms with van der Waals surface area (Å²) in [5.74, 6) is 0. The zero-order valence-electron chi connectivity index (χ0n) is 4.90. The summed E-state index contributed by atoms with van der Waals surface area (Å²) in [6, 6.07) is 1.85. The van der Waals surface area contributed by atoms with Crippen molar-refractivity contribution >= 4 is 21.6 Å².